The van der Waals surface area contributed by atoms with Gasteiger partial charge < -0.3 is 10.2 Å². The molecule has 1 fully saturated rings. The molecule has 2 rings (SSSR count). The van der Waals surface area contributed by atoms with Gasteiger partial charge in [0.2, 0.25) is 5.91 Å². The molecule has 0 spiro atoms. The highest BCUT2D eigenvalue weighted by atomic mass is 35.5. The van der Waals surface area contributed by atoms with Gasteiger partial charge in [0, 0.05) is 19.0 Å². The van der Waals surface area contributed by atoms with E-state index in [4.69, 9.17) is 0 Å². The number of halogens is 1. The number of hydrogen-bond donors (Lipinski definition) is 1. The average molecular weight is 367 g/mol. The standard InChI is InChI=1S/C21H34N2O.ClH/c1-4-20(16-19-8-6-17(3)7-9-19)23(5-2)21(24)11-10-18-12-14-22-15-13-18;/h6-9,18,20,22H,4-5,10-16H2,1-3H3;1H. The van der Waals surface area contributed by atoms with E-state index in [0.717, 1.165) is 44.8 Å². The fourth-order valence-electron chi connectivity index (χ4n) is 3.75. The molecule has 1 amide bonds. The first-order valence-corrected chi connectivity index (χ1v) is 9.69. The van der Waals surface area contributed by atoms with Crippen molar-refractivity contribution in [1.82, 2.24) is 10.2 Å². The first-order valence-electron chi connectivity index (χ1n) is 9.69. The van der Waals surface area contributed by atoms with E-state index in [2.05, 4.69) is 55.3 Å². The summed E-state index contributed by atoms with van der Waals surface area (Å²) in [7, 11) is 0. The van der Waals surface area contributed by atoms with E-state index >= 15 is 0 Å². The number of likely N-dealkylation sites (N-methyl/N-ethyl adjacent to an activating group) is 1. The largest absolute Gasteiger partial charge is 0.340 e. The van der Waals surface area contributed by atoms with Crippen LogP contribution in [-0.2, 0) is 11.2 Å². The third-order valence-electron chi connectivity index (χ3n) is 5.39. The lowest BCUT2D eigenvalue weighted by atomic mass is 9.92. The number of aryl methyl sites for hydroxylation is 1. The summed E-state index contributed by atoms with van der Waals surface area (Å²) in [5, 5.41) is 3.40. The smallest absolute Gasteiger partial charge is 0.222 e. The van der Waals surface area contributed by atoms with Crippen molar-refractivity contribution < 1.29 is 4.79 Å². The molecule has 3 nitrogen and oxygen atoms in total. The second kappa shape index (κ2) is 11.5. The molecule has 25 heavy (non-hydrogen) atoms. The molecule has 0 bridgehead atoms. The van der Waals surface area contributed by atoms with Gasteiger partial charge in [0.15, 0.2) is 0 Å². The zero-order chi connectivity index (χ0) is 17.4. The van der Waals surface area contributed by atoms with E-state index in [-0.39, 0.29) is 12.4 Å². The van der Waals surface area contributed by atoms with Crippen molar-refractivity contribution >= 4 is 18.3 Å². The molecule has 1 aromatic rings. The van der Waals surface area contributed by atoms with Gasteiger partial charge in [0.05, 0.1) is 0 Å². The molecule has 0 aliphatic carbocycles. The van der Waals surface area contributed by atoms with Gasteiger partial charge in [-0.25, -0.2) is 0 Å². The van der Waals surface area contributed by atoms with Crippen LogP contribution in [0, 0.1) is 12.8 Å². The van der Waals surface area contributed by atoms with Gasteiger partial charge >= 0.3 is 0 Å². The second-order valence-corrected chi connectivity index (χ2v) is 7.16. The van der Waals surface area contributed by atoms with Crippen LogP contribution in [0.5, 0.6) is 0 Å². The molecular weight excluding hydrogens is 332 g/mol. The summed E-state index contributed by atoms with van der Waals surface area (Å²) >= 11 is 0. The van der Waals surface area contributed by atoms with Crippen molar-refractivity contribution in [3.63, 3.8) is 0 Å². The van der Waals surface area contributed by atoms with Crippen molar-refractivity contribution in [2.75, 3.05) is 19.6 Å². The van der Waals surface area contributed by atoms with E-state index in [0.29, 0.717) is 18.4 Å². The zero-order valence-corrected chi connectivity index (χ0v) is 16.9. The van der Waals surface area contributed by atoms with Gasteiger partial charge in [-0.1, -0.05) is 36.8 Å². The van der Waals surface area contributed by atoms with Crippen LogP contribution in [0.1, 0.15) is 57.1 Å². The highest BCUT2D eigenvalue weighted by Gasteiger charge is 2.22. The van der Waals surface area contributed by atoms with Crippen LogP contribution in [0.25, 0.3) is 0 Å². The molecule has 1 atom stereocenters. The first kappa shape index (κ1) is 22.0. The quantitative estimate of drug-likeness (QED) is 0.741. The number of nitrogens with zero attached hydrogens (tertiary/aromatic N) is 1. The molecule has 1 saturated heterocycles. The molecule has 1 N–H and O–H groups in total. The van der Waals surface area contributed by atoms with Crippen molar-refractivity contribution in [3.05, 3.63) is 35.4 Å². The molecule has 0 radical (unpaired) electrons. The van der Waals surface area contributed by atoms with Gasteiger partial charge in [-0.3, -0.25) is 4.79 Å². The number of piperidine rings is 1. The predicted octanol–water partition coefficient (Wildman–Crippen LogP) is 4.37. The lowest BCUT2D eigenvalue weighted by Gasteiger charge is -2.31. The maximum absolute atomic E-state index is 12.8. The van der Waals surface area contributed by atoms with Crippen LogP contribution in [0.2, 0.25) is 0 Å². The highest BCUT2D eigenvalue weighted by Crippen LogP contribution is 2.20. The predicted molar refractivity (Wildman–Crippen MR) is 108 cm³/mol. The van der Waals surface area contributed by atoms with Gasteiger partial charge in [-0.2, -0.15) is 0 Å². The Morgan fingerprint density at radius 2 is 1.84 bits per heavy atom. The van der Waals surface area contributed by atoms with E-state index in [1.165, 1.54) is 24.0 Å². The molecular formula is C21H35ClN2O. The van der Waals surface area contributed by atoms with Crippen LogP contribution in [0.15, 0.2) is 24.3 Å². The fraction of sp³-hybridized carbons (Fsp3) is 0.667. The van der Waals surface area contributed by atoms with Crippen LogP contribution in [-0.4, -0.2) is 36.5 Å². The second-order valence-electron chi connectivity index (χ2n) is 7.16. The van der Waals surface area contributed by atoms with Gasteiger partial charge in [0.25, 0.3) is 0 Å². The Morgan fingerprint density at radius 1 is 1.20 bits per heavy atom. The Bertz CT molecular complexity index is 497. The van der Waals surface area contributed by atoms with Crippen molar-refractivity contribution in [1.29, 1.82) is 0 Å². The summed E-state index contributed by atoms with van der Waals surface area (Å²) in [5.41, 5.74) is 2.62. The van der Waals surface area contributed by atoms with Crippen LogP contribution >= 0.6 is 12.4 Å². The first-order chi connectivity index (χ1) is 11.6. The van der Waals surface area contributed by atoms with E-state index in [1.54, 1.807) is 0 Å². The Labute approximate surface area is 160 Å². The molecule has 0 saturated carbocycles. The Kier molecular flexibility index (Phi) is 10.1. The van der Waals surface area contributed by atoms with E-state index in [1.807, 2.05) is 0 Å². The lowest BCUT2D eigenvalue weighted by Crippen LogP contribution is -2.41. The van der Waals surface area contributed by atoms with E-state index < -0.39 is 0 Å². The average Bonchev–Trinajstić information content (AvgIpc) is 2.62. The number of benzene rings is 1. The summed E-state index contributed by atoms with van der Waals surface area (Å²) in [4.78, 5) is 14.9. The number of nitrogens with one attached hydrogen (secondary N) is 1. The molecule has 1 aliphatic rings. The highest BCUT2D eigenvalue weighted by molar-refractivity contribution is 5.85. The molecule has 1 aromatic carbocycles. The van der Waals surface area contributed by atoms with Crippen molar-refractivity contribution in [2.24, 2.45) is 5.92 Å². The SMILES string of the molecule is CCC(Cc1ccc(C)cc1)N(CC)C(=O)CCC1CCNCC1.Cl. The maximum atomic E-state index is 12.8. The van der Waals surface area contributed by atoms with Crippen LogP contribution in [0.4, 0.5) is 0 Å². The number of carbonyl (C=O) groups is 1. The molecule has 142 valence electrons. The summed E-state index contributed by atoms with van der Waals surface area (Å²) < 4.78 is 0. The Morgan fingerprint density at radius 3 is 2.40 bits per heavy atom. The molecule has 4 heteroatoms. The normalized spacial score (nSPS) is 16.1. The minimum absolute atomic E-state index is 0. The monoisotopic (exact) mass is 366 g/mol. The molecule has 1 unspecified atom stereocenters. The van der Waals surface area contributed by atoms with Crippen molar-refractivity contribution in [2.45, 2.75) is 65.3 Å². The third-order valence-corrected chi connectivity index (χ3v) is 5.39. The van der Waals surface area contributed by atoms with Crippen molar-refractivity contribution in [3.8, 4) is 0 Å². The summed E-state index contributed by atoms with van der Waals surface area (Å²) in [5.74, 6) is 1.07. The maximum Gasteiger partial charge on any atom is 0.222 e. The lowest BCUT2D eigenvalue weighted by molar-refractivity contribution is -0.133. The number of carbonyl (C=O) groups excluding carboxylic acids is 1. The summed E-state index contributed by atoms with van der Waals surface area (Å²) in [6.07, 6.45) is 6.19. The number of amides is 1. The molecule has 0 aromatic heterocycles. The van der Waals surface area contributed by atoms with Gasteiger partial charge in [-0.05, 0) is 70.5 Å². The Balaban J connectivity index is 0.00000312. The number of hydrogen-bond acceptors (Lipinski definition) is 2. The van der Waals surface area contributed by atoms with Crippen LogP contribution in [0.3, 0.4) is 0 Å². The van der Waals surface area contributed by atoms with Crippen LogP contribution < -0.4 is 5.32 Å². The molecule has 1 heterocycles. The van der Waals surface area contributed by atoms with E-state index in [9.17, 15) is 4.79 Å². The third kappa shape index (κ3) is 6.99. The van der Waals surface area contributed by atoms with Gasteiger partial charge in [0.1, 0.15) is 0 Å². The summed E-state index contributed by atoms with van der Waals surface area (Å²) in [6.45, 7) is 9.46. The zero-order valence-electron chi connectivity index (χ0n) is 16.1. The topological polar surface area (TPSA) is 32.3 Å². The minimum Gasteiger partial charge on any atom is -0.340 e. The fourth-order valence-corrected chi connectivity index (χ4v) is 3.75. The number of rotatable bonds is 8. The molecule has 1 aliphatic heterocycles. The van der Waals surface area contributed by atoms with Gasteiger partial charge in [-0.15, -0.1) is 12.4 Å². The minimum atomic E-state index is 0. The Hall–Kier alpha value is -1.06. The summed E-state index contributed by atoms with van der Waals surface area (Å²) in [6, 6.07) is 9.05.